The highest BCUT2D eigenvalue weighted by molar-refractivity contribution is 6.78. The lowest BCUT2D eigenvalue weighted by molar-refractivity contribution is 0.0425. The zero-order valence-corrected chi connectivity index (χ0v) is 22.7. The minimum Gasteiger partial charge on any atom is -0.543 e. The van der Waals surface area contributed by atoms with E-state index in [2.05, 4.69) is 75.0 Å². The van der Waals surface area contributed by atoms with Crippen molar-refractivity contribution in [3.63, 3.8) is 0 Å². The van der Waals surface area contributed by atoms with Crippen LogP contribution in [0.15, 0.2) is 36.5 Å². The van der Waals surface area contributed by atoms with Crippen LogP contribution < -0.4 is 9.74 Å². The Morgan fingerprint density at radius 1 is 1.03 bits per heavy atom. The molecule has 1 aliphatic rings. The Hall–Kier alpha value is -2.90. The largest absolute Gasteiger partial charge is 0.543 e. The van der Waals surface area contributed by atoms with Gasteiger partial charge in [0, 0.05) is 40.0 Å². The van der Waals surface area contributed by atoms with Gasteiger partial charge in [0.15, 0.2) is 6.23 Å². The van der Waals surface area contributed by atoms with Gasteiger partial charge in [-0.05, 0) is 47.8 Å². The Morgan fingerprint density at radius 3 is 2.40 bits per heavy atom. The Kier molecular flexibility index (Phi) is 5.88. The molecule has 1 unspecified atom stereocenters. The van der Waals surface area contributed by atoms with Crippen LogP contribution in [-0.2, 0) is 4.74 Å². The number of nitrogens with zero attached hydrogens (tertiary/aromatic N) is 1. The molecule has 1 atom stereocenters. The SMILES string of the molecule is CCOC1NC(=O)c2c1c1c3cc(O[Si](C(C)C)(C(C)C)C(C)C)ccc3[nH]c1c1ncccc21. The molecular weight excluding hydrogens is 454 g/mol. The average Bonchev–Trinajstić information content (AvgIpc) is 3.34. The number of hydrogen-bond donors (Lipinski definition) is 2. The van der Waals surface area contributed by atoms with Gasteiger partial charge >= 0.3 is 0 Å². The fourth-order valence-electron chi connectivity index (χ4n) is 6.39. The lowest BCUT2D eigenvalue weighted by Gasteiger charge is -2.42. The van der Waals surface area contributed by atoms with Gasteiger partial charge < -0.3 is 19.5 Å². The first kappa shape index (κ1) is 23.8. The number of H-pyrrole nitrogens is 1. The van der Waals surface area contributed by atoms with Gasteiger partial charge in [-0.15, -0.1) is 0 Å². The van der Waals surface area contributed by atoms with Crippen LogP contribution in [-0.4, -0.2) is 30.8 Å². The van der Waals surface area contributed by atoms with E-state index in [1.54, 1.807) is 6.20 Å². The van der Waals surface area contributed by atoms with Crippen LogP contribution in [0.25, 0.3) is 32.7 Å². The Bertz CT molecular complexity index is 1420. The fraction of sp³-hybridized carbons (Fsp3) is 0.429. The van der Waals surface area contributed by atoms with Gasteiger partial charge in [-0.3, -0.25) is 9.78 Å². The van der Waals surface area contributed by atoms with Crippen molar-refractivity contribution in [1.29, 1.82) is 0 Å². The third-order valence-electron chi connectivity index (χ3n) is 7.71. The number of fused-ring (bicyclic) bond motifs is 8. The summed E-state index contributed by atoms with van der Waals surface area (Å²) in [6.07, 6.45) is 1.28. The Morgan fingerprint density at radius 2 is 1.74 bits per heavy atom. The summed E-state index contributed by atoms with van der Waals surface area (Å²) in [7, 11) is -2.12. The van der Waals surface area contributed by atoms with Crippen molar-refractivity contribution in [1.82, 2.24) is 15.3 Å². The summed E-state index contributed by atoms with van der Waals surface area (Å²) in [5.74, 6) is 0.771. The number of aromatic nitrogens is 2. The highest BCUT2D eigenvalue weighted by atomic mass is 28.4. The lowest BCUT2D eigenvalue weighted by Crippen LogP contribution is -2.50. The van der Waals surface area contributed by atoms with Crippen molar-refractivity contribution in [3.05, 3.63) is 47.7 Å². The van der Waals surface area contributed by atoms with Crippen LogP contribution in [0.1, 0.15) is 70.6 Å². The number of aromatic amines is 1. The lowest BCUT2D eigenvalue weighted by atomic mass is 9.97. The van der Waals surface area contributed by atoms with E-state index >= 15 is 0 Å². The predicted octanol–water partition coefficient (Wildman–Crippen LogP) is 7.20. The second-order valence-corrected chi connectivity index (χ2v) is 15.9. The third-order valence-corrected chi connectivity index (χ3v) is 13.7. The van der Waals surface area contributed by atoms with Gasteiger partial charge in [-0.2, -0.15) is 0 Å². The van der Waals surface area contributed by atoms with Crippen molar-refractivity contribution >= 4 is 46.9 Å². The van der Waals surface area contributed by atoms with Gasteiger partial charge in [-0.1, -0.05) is 47.6 Å². The summed E-state index contributed by atoms with van der Waals surface area (Å²) in [5.41, 5.74) is 5.67. The number of carbonyl (C=O) groups excluding carboxylic acids is 1. The molecule has 2 aromatic carbocycles. The van der Waals surface area contributed by atoms with E-state index in [0.717, 1.165) is 44.0 Å². The monoisotopic (exact) mass is 489 g/mol. The predicted molar refractivity (Wildman–Crippen MR) is 145 cm³/mol. The van der Waals surface area contributed by atoms with Gasteiger partial charge in [0.05, 0.1) is 16.6 Å². The molecule has 2 aromatic heterocycles. The first-order valence-corrected chi connectivity index (χ1v) is 14.8. The quantitative estimate of drug-likeness (QED) is 0.269. The highest BCUT2D eigenvalue weighted by Gasteiger charge is 2.47. The molecule has 35 heavy (non-hydrogen) atoms. The number of amides is 1. The van der Waals surface area contributed by atoms with Crippen molar-refractivity contribution in [3.8, 4) is 5.75 Å². The number of benzene rings is 2. The van der Waals surface area contributed by atoms with Gasteiger partial charge in [0.1, 0.15) is 5.75 Å². The molecule has 0 saturated carbocycles. The second kappa shape index (κ2) is 8.64. The van der Waals surface area contributed by atoms with Crippen LogP contribution in [0.4, 0.5) is 0 Å². The maximum Gasteiger partial charge on any atom is 0.258 e. The summed E-state index contributed by atoms with van der Waals surface area (Å²) in [6, 6.07) is 10.1. The summed E-state index contributed by atoms with van der Waals surface area (Å²) < 4.78 is 13.0. The molecule has 4 aromatic rings. The molecule has 1 amide bonds. The van der Waals surface area contributed by atoms with Crippen LogP contribution in [0.5, 0.6) is 5.75 Å². The van der Waals surface area contributed by atoms with E-state index in [1.807, 2.05) is 19.1 Å². The number of nitrogens with one attached hydrogen (secondary N) is 2. The average molecular weight is 490 g/mol. The standard InChI is InChI=1S/C28H35N3O3Si/c1-8-33-28-24-22-20-14-18(34-35(15(2)3,16(4)5)17(6)7)11-12-21(20)30-26(22)25-19(10-9-13-29-25)23(24)27(32)31-28/h9-17,28,30H,8H2,1-7H3,(H,31,32). The molecule has 5 rings (SSSR count). The number of hydrogen-bond acceptors (Lipinski definition) is 4. The molecule has 0 bridgehead atoms. The van der Waals surface area contributed by atoms with Gasteiger partial charge in [0.25, 0.3) is 14.2 Å². The minimum absolute atomic E-state index is 0.119. The minimum atomic E-state index is -2.12. The molecule has 0 fully saturated rings. The van der Waals surface area contributed by atoms with Crippen LogP contribution in [0, 0.1) is 0 Å². The van der Waals surface area contributed by atoms with Gasteiger partial charge in [-0.25, -0.2) is 0 Å². The molecule has 0 aliphatic carbocycles. The molecular formula is C28H35N3O3Si. The number of pyridine rings is 1. The van der Waals surface area contributed by atoms with Crippen molar-refractivity contribution in [2.24, 2.45) is 0 Å². The van der Waals surface area contributed by atoms with Crippen molar-refractivity contribution in [2.45, 2.75) is 71.3 Å². The number of ether oxygens (including phenoxy) is 1. The molecule has 3 heterocycles. The smallest absolute Gasteiger partial charge is 0.258 e. The fourth-order valence-corrected chi connectivity index (χ4v) is 11.6. The maximum atomic E-state index is 13.1. The molecule has 7 heteroatoms. The molecule has 1 aliphatic heterocycles. The molecule has 0 spiro atoms. The van der Waals surface area contributed by atoms with Crippen LogP contribution in [0.2, 0.25) is 16.6 Å². The van der Waals surface area contributed by atoms with E-state index in [-0.39, 0.29) is 5.91 Å². The first-order chi connectivity index (χ1) is 16.7. The second-order valence-electron chi connectivity index (χ2n) is 10.5. The zero-order valence-electron chi connectivity index (χ0n) is 21.7. The normalized spacial score (nSPS) is 16.3. The van der Waals surface area contributed by atoms with E-state index < -0.39 is 14.5 Å². The molecule has 0 saturated heterocycles. The number of carbonyl (C=O) groups is 1. The third kappa shape index (κ3) is 3.47. The van der Waals surface area contributed by atoms with E-state index in [9.17, 15) is 4.79 Å². The molecule has 2 N–H and O–H groups in total. The summed E-state index contributed by atoms with van der Waals surface area (Å²) in [6.45, 7) is 16.2. The van der Waals surface area contributed by atoms with E-state index in [0.29, 0.717) is 28.8 Å². The van der Waals surface area contributed by atoms with Crippen molar-refractivity contribution < 1.29 is 14.0 Å². The molecule has 184 valence electrons. The molecule has 0 radical (unpaired) electrons. The van der Waals surface area contributed by atoms with Crippen LogP contribution >= 0.6 is 0 Å². The van der Waals surface area contributed by atoms with Crippen LogP contribution in [0.3, 0.4) is 0 Å². The maximum absolute atomic E-state index is 13.1. The summed E-state index contributed by atoms with van der Waals surface area (Å²) >= 11 is 0. The molecule has 6 nitrogen and oxygen atoms in total. The van der Waals surface area contributed by atoms with E-state index in [1.165, 1.54) is 0 Å². The number of rotatable bonds is 7. The van der Waals surface area contributed by atoms with Crippen molar-refractivity contribution in [2.75, 3.05) is 6.61 Å². The Balaban J connectivity index is 1.80. The Labute approximate surface area is 207 Å². The summed E-state index contributed by atoms with van der Waals surface area (Å²) in [5, 5.41) is 5.88. The highest BCUT2D eigenvalue weighted by Crippen LogP contribution is 2.46. The van der Waals surface area contributed by atoms with Gasteiger partial charge in [0.2, 0.25) is 0 Å². The topological polar surface area (TPSA) is 76.2 Å². The van der Waals surface area contributed by atoms with E-state index in [4.69, 9.17) is 9.16 Å². The first-order valence-electron chi connectivity index (χ1n) is 12.7. The summed E-state index contributed by atoms with van der Waals surface area (Å²) in [4.78, 5) is 21.3. The zero-order chi connectivity index (χ0) is 25.1.